The largest absolute Gasteiger partial charge is 0.436 e. The summed E-state index contributed by atoms with van der Waals surface area (Å²) in [6.45, 7) is 6.58. The van der Waals surface area contributed by atoms with Crippen LogP contribution in [-0.4, -0.2) is 77.8 Å². The molecule has 7 heteroatoms. The molecule has 0 bridgehead atoms. The zero-order valence-corrected chi connectivity index (χ0v) is 17.0. The number of oxazole rings is 1. The topological polar surface area (TPSA) is 69.9 Å². The first-order valence-electron chi connectivity index (χ1n) is 10.0. The van der Waals surface area contributed by atoms with Crippen molar-refractivity contribution < 1.29 is 14.0 Å². The molecule has 2 fully saturated rings. The minimum atomic E-state index is -0.0464. The van der Waals surface area contributed by atoms with Gasteiger partial charge in [0.05, 0.1) is 12.2 Å². The lowest BCUT2D eigenvalue weighted by Crippen LogP contribution is -2.51. The molecule has 0 radical (unpaired) electrons. The molecular formula is C20H32N4O3. The number of nitrogens with zero attached hydrogens (tertiary/aromatic N) is 4. The smallest absolute Gasteiger partial charge is 0.291 e. The third-order valence-electron chi connectivity index (χ3n) is 5.97. The standard InChI is InChI=1S/C20H32N4O3/c1-14-19(27-15(2)21-14)20(26)23-11-8-16(9-12-23)17-7-5-6-10-24(17)13-18(25)22(3)4/h16-17H,5-13H2,1-4H3/t17-/m1/s1. The van der Waals surface area contributed by atoms with Gasteiger partial charge in [0.2, 0.25) is 11.7 Å². The van der Waals surface area contributed by atoms with Crippen LogP contribution in [0.1, 0.15) is 54.2 Å². The summed E-state index contributed by atoms with van der Waals surface area (Å²) >= 11 is 0. The number of likely N-dealkylation sites (tertiary alicyclic amines) is 2. The van der Waals surface area contributed by atoms with Crippen molar-refractivity contribution in [2.24, 2.45) is 5.92 Å². The van der Waals surface area contributed by atoms with Gasteiger partial charge in [-0.05, 0) is 45.1 Å². The number of carbonyl (C=O) groups is 2. The molecule has 0 unspecified atom stereocenters. The zero-order valence-electron chi connectivity index (χ0n) is 17.0. The number of rotatable bonds is 4. The summed E-state index contributed by atoms with van der Waals surface area (Å²) in [5.41, 5.74) is 0.667. The van der Waals surface area contributed by atoms with Crippen molar-refractivity contribution >= 4 is 11.8 Å². The Kier molecular flexibility index (Phi) is 6.19. The Balaban J connectivity index is 1.59. The van der Waals surface area contributed by atoms with Gasteiger partial charge >= 0.3 is 0 Å². The maximum absolute atomic E-state index is 12.7. The summed E-state index contributed by atoms with van der Waals surface area (Å²) in [7, 11) is 3.64. The second-order valence-corrected chi connectivity index (χ2v) is 8.10. The van der Waals surface area contributed by atoms with E-state index in [0.29, 0.717) is 35.8 Å². The molecule has 1 aromatic rings. The van der Waals surface area contributed by atoms with Gasteiger partial charge < -0.3 is 14.2 Å². The van der Waals surface area contributed by atoms with Crippen LogP contribution in [0.3, 0.4) is 0 Å². The molecule has 3 rings (SSSR count). The lowest BCUT2D eigenvalue weighted by Gasteiger charge is -2.43. The third-order valence-corrected chi connectivity index (χ3v) is 5.97. The summed E-state index contributed by atoms with van der Waals surface area (Å²) in [6, 6.07) is 0.453. The maximum atomic E-state index is 12.7. The Morgan fingerprint density at radius 2 is 1.81 bits per heavy atom. The summed E-state index contributed by atoms with van der Waals surface area (Å²) in [4.78, 5) is 35.1. The Bertz CT molecular complexity index is 677. The lowest BCUT2D eigenvalue weighted by atomic mass is 9.83. The highest BCUT2D eigenvalue weighted by molar-refractivity contribution is 5.92. The first kappa shape index (κ1) is 19.9. The van der Waals surface area contributed by atoms with E-state index in [-0.39, 0.29) is 11.8 Å². The van der Waals surface area contributed by atoms with Crippen molar-refractivity contribution in [1.29, 1.82) is 0 Å². The van der Waals surface area contributed by atoms with Crippen molar-refractivity contribution in [3.8, 4) is 0 Å². The molecule has 2 amide bonds. The number of aryl methyl sites for hydroxylation is 2. The highest BCUT2D eigenvalue weighted by Gasteiger charge is 2.35. The van der Waals surface area contributed by atoms with E-state index in [1.165, 1.54) is 12.8 Å². The third kappa shape index (κ3) is 4.51. The first-order chi connectivity index (χ1) is 12.9. The quantitative estimate of drug-likeness (QED) is 0.805. The van der Waals surface area contributed by atoms with Gasteiger partial charge in [-0.1, -0.05) is 6.42 Å². The van der Waals surface area contributed by atoms with Gasteiger partial charge in [-0.15, -0.1) is 0 Å². The number of amides is 2. The van der Waals surface area contributed by atoms with Crippen LogP contribution in [0.4, 0.5) is 0 Å². The summed E-state index contributed by atoms with van der Waals surface area (Å²) < 4.78 is 5.50. The number of likely N-dealkylation sites (N-methyl/N-ethyl adjacent to an activating group) is 1. The minimum Gasteiger partial charge on any atom is -0.436 e. The van der Waals surface area contributed by atoms with E-state index in [0.717, 1.165) is 38.9 Å². The molecule has 1 atom stereocenters. The highest BCUT2D eigenvalue weighted by atomic mass is 16.4. The Morgan fingerprint density at radius 1 is 1.11 bits per heavy atom. The average Bonchev–Trinajstić information content (AvgIpc) is 3.00. The monoisotopic (exact) mass is 376 g/mol. The number of hydrogen-bond donors (Lipinski definition) is 0. The number of hydrogen-bond acceptors (Lipinski definition) is 5. The van der Waals surface area contributed by atoms with Crippen LogP contribution in [0.25, 0.3) is 0 Å². The van der Waals surface area contributed by atoms with Crippen molar-refractivity contribution in [3.05, 3.63) is 17.3 Å². The van der Waals surface area contributed by atoms with Gasteiger partial charge in [-0.2, -0.15) is 0 Å². The Morgan fingerprint density at radius 3 is 2.41 bits per heavy atom. The molecule has 2 saturated heterocycles. The van der Waals surface area contributed by atoms with E-state index in [4.69, 9.17) is 4.42 Å². The van der Waals surface area contributed by atoms with Gasteiger partial charge in [0.1, 0.15) is 0 Å². The number of carbonyl (C=O) groups excluding carboxylic acids is 2. The lowest BCUT2D eigenvalue weighted by molar-refractivity contribution is -0.131. The molecule has 3 heterocycles. The van der Waals surface area contributed by atoms with Crippen LogP contribution in [0, 0.1) is 19.8 Å². The van der Waals surface area contributed by atoms with Crippen molar-refractivity contribution in [2.45, 2.75) is 52.0 Å². The van der Waals surface area contributed by atoms with Crippen LogP contribution in [0.2, 0.25) is 0 Å². The fraction of sp³-hybridized carbons (Fsp3) is 0.750. The van der Waals surface area contributed by atoms with Crippen molar-refractivity contribution in [2.75, 3.05) is 40.3 Å². The van der Waals surface area contributed by atoms with E-state index < -0.39 is 0 Å². The van der Waals surface area contributed by atoms with Gasteiger partial charge in [-0.3, -0.25) is 14.5 Å². The highest BCUT2D eigenvalue weighted by Crippen LogP contribution is 2.31. The molecule has 2 aliphatic heterocycles. The van der Waals surface area contributed by atoms with Gasteiger partial charge in [-0.25, -0.2) is 4.98 Å². The summed E-state index contributed by atoms with van der Waals surface area (Å²) in [5.74, 6) is 1.58. The van der Waals surface area contributed by atoms with E-state index in [1.807, 2.05) is 25.9 Å². The van der Waals surface area contributed by atoms with Gasteiger partial charge in [0.25, 0.3) is 5.91 Å². The Labute approximate surface area is 161 Å². The summed E-state index contributed by atoms with van der Waals surface area (Å²) in [6.07, 6.45) is 5.51. The molecule has 0 aliphatic carbocycles. The number of piperidine rings is 2. The Hall–Kier alpha value is -1.89. The maximum Gasteiger partial charge on any atom is 0.291 e. The molecular weight excluding hydrogens is 344 g/mol. The predicted molar refractivity (Wildman–Crippen MR) is 103 cm³/mol. The SMILES string of the molecule is Cc1nc(C)c(C(=O)N2CCC([C@H]3CCCCN3CC(=O)N(C)C)CC2)o1. The predicted octanol–water partition coefficient (Wildman–Crippen LogP) is 2.09. The van der Waals surface area contributed by atoms with Gasteiger partial charge in [0, 0.05) is 40.2 Å². The van der Waals surface area contributed by atoms with Crippen molar-refractivity contribution in [3.63, 3.8) is 0 Å². The van der Waals surface area contributed by atoms with Crippen LogP contribution < -0.4 is 0 Å². The molecule has 0 N–H and O–H groups in total. The molecule has 1 aromatic heterocycles. The molecule has 0 aromatic carbocycles. The van der Waals surface area contributed by atoms with Gasteiger partial charge in [0.15, 0.2) is 5.89 Å². The molecule has 7 nitrogen and oxygen atoms in total. The normalized spacial score (nSPS) is 22.1. The first-order valence-corrected chi connectivity index (χ1v) is 10.0. The summed E-state index contributed by atoms with van der Waals surface area (Å²) in [5, 5.41) is 0. The molecule has 0 spiro atoms. The van der Waals surface area contributed by atoms with E-state index in [9.17, 15) is 9.59 Å². The average molecular weight is 377 g/mol. The van der Waals surface area contributed by atoms with Crippen LogP contribution in [0.15, 0.2) is 4.42 Å². The number of aromatic nitrogens is 1. The minimum absolute atomic E-state index is 0.0464. The van der Waals surface area contributed by atoms with Crippen LogP contribution >= 0.6 is 0 Å². The fourth-order valence-corrected chi connectivity index (χ4v) is 4.42. The molecule has 150 valence electrons. The molecule has 0 saturated carbocycles. The second-order valence-electron chi connectivity index (χ2n) is 8.10. The van der Waals surface area contributed by atoms with Crippen LogP contribution in [0.5, 0.6) is 0 Å². The van der Waals surface area contributed by atoms with Crippen molar-refractivity contribution in [1.82, 2.24) is 19.7 Å². The van der Waals surface area contributed by atoms with Crippen LogP contribution in [-0.2, 0) is 4.79 Å². The zero-order chi connectivity index (χ0) is 19.6. The van der Waals surface area contributed by atoms with E-state index in [2.05, 4.69) is 9.88 Å². The fourth-order valence-electron chi connectivity index (χ4n) is 4.42. The van der Waals surface area contributed by atoms with E-state index >= 15 is 0 Å². The van der Waals surface area contributed by atoms with E-state index in [1.54, 1.807) is 11.8 Å². The molecule has 2 aliphatic rings. The second kappa shape index (κ2) is 8.42. The molecule has 27 heavy (non-hydrogen) atoms.